The molecule has 1 aromatic carbocycles. The van der Waals surface area contributed by atoms with E-state index in [-0.39, 0.29) is 0 Å². The molecule has 1 heterocycles. The lowest BCUT2D eigenvalue weighted by Gasteiger charge is -2.31. The molecule has 6 nitrogen and oxygen atoms in total. The van der Waals surface area contributed by atoms with Gasteiger partial charge in [-0.15, -0.1) is 11.3 Å². The quantitative estimate of drug-likeness (QED) is 0.758. The summed E-state index contributed by atoms with van der Waals surface area (Å²) in [5, 5.41) is 16.4. The molecule has 2 atom stereocenters. The number of benzene rings is 1. The molecule has 1 saturated carbocycles. The van der Waals surface area contributed by atoms with Crippen LogP contribution in [0.25, 0.3) is 11.1 Å². The van der Waals surface area contributed by atoms with Gasteiger partial charge in [-0.25, -0.2) is 4.79 Å². The number of carboxylic acid groups (broad SMARTS) is 1. The van der Waals surface area contributed by atoms with Gasteiger partial charge in [0, 0.05) is 28.7 Å². The Kier molecular flexibility index (Phi) is 6.37. The highest BCUT2D eigenvalue weighted by atomic mass is 32.1. The standard InChI is InChI=1S/C22H25NO5S/c1-12-8-9-13(2)16(10-12)17-11-29-20(18(17)22(27)28-3)23-19(24)14-6-4-5-7-15(14)21(25)26/h8-11,14-15H,4-7H2,1-3H3,(H,23,24)(H,25,26)/p-1/t14-,15+/m1/s1. The van der Waals surface area contributed by atoms with Crippen molar-refractivity contribution in [3.05, 3.63) is 40.3 Å². The third-order valence-corrected chi connectivity index (χ3v) is 6.40. The van der Waals surface area contributed by atoms with Gasteiger partial charge in [0.1, 0.15) is 10.6 Å². The number of methoxy groups -OCH3 is 1. The van der Waals surface area contributed by atoms with Gasteiger partial charge in [0.05, 0.1) is 7.11 Å². The molecule has 1 fully saturated rings. The zero-order valence-corrected chi connectivity index (χ0v) is 17.6. The number of anilines is 1. The third-order valence-electron chi connectivity index (χ3n) is 5.51. The van der Waals surface area contributed by atoms with Crippen molar-refractivity contribution in [1.29, 1.82) is 0 Å². The van der Waals surface area contributed by atoms with Crippen molar-refractivity contribution in [3.63, 3.8) is 0 Å². The van der Waals surface area contributed by atoms with Crippen LogP contribution in [0, 0.1) is 25.7 Å². The predicted molar refractivity (Wildman–Crippen MR) is 110 cm³/mol. The smallest absolute Gasteiger partial charge is 0.341 e. The molecule has 29 heavy (non-hydrogen) atoms. The van der Waals surface area contributed by atoms with Crippen LogP contribution in [0.15, 0.2) is 23.6 Å². The zero-order valence-electron chi connectivity index (χ0n) is 16.7. The zero-order chi connectivity index (χ0) is 21.1. The van der Waals surface area contributed by atoms with E-state index in [1.807, 2.05) is 37.4 Å². The number of nitrogens with one attached hydrogen (secondary N) is 1. The number of esters is 1. The lowest BCUT2D eigenvalue weighted by atomic mass is 9.78. The van der Waals surface area contributed by atoms with E-state index in [0.717, 1.165) is 29.5 Å². The van der Waals surface area contributed by atoms with Crippen LogP contribution in [-0.2, 0) is 14.3 Å². The summed E-state index contributed by atoms with van der Waals surface area (Å²) < 4.78 is 4.97. The Morgan fingerprint density at radius 1 is 1.10 bits per heavy atom. The molecule has 0 aliphatic heterocycles. The lowest BCUT2D eigenvalue weighted by Crippen LogP contribution is -2.42. The Morgan fingerprint density at radius 3 is 2.45 bits per heavy atom. The first-order valence-corrected chi connectivity index (χ1v) is 10.5. The topological polar surface area (TPSA) is 95.5 Å². The van der Waals surface area contributed by atoms with Crippen molar-refractivity contribution in [1.82, 2.24) is 0 Å². The van der Waals surface area contributed by atoms with Crippen molar-refractivity contribution in [2.45, 2.75) is 39.5 Å². The van der Waals surface area contributed by atoms with E-state index in [2.05, 4.69) is 5.32 Å². The Balaban J connectivity index is 1.97. The van der Waals surface area contributed by atoms with Crippen LogP contribution in [0.1, 0.15) is 47.2 Å². The van der Waals surface area contributed by atoms with Gasteiger partial charge in [0.2, 0.25) is 5.91 Å². The SMILES string of the molecule is COC(=O)c1c(-c2cc(C)ccc2C)csc1NC(=O)[C@@H]1CCCC[C@@H]1C(=O)[O-]. The summed E-state index contributed by atoms with van der Waals surface area (Å²) in [5.41, 5.74) is 3.93. The molecule has 1 N–H and O–H groups in total. The molecule has 2 aromatic rings. The number of aliphatic carboxylic acids is 1. The second-order valence-corrected chi connectivity index (χ2v) is 8.35. The number of ether oxygens (including phenoxy) is 1. The molecule has 1 aliphatic carbocycles. The second kappa shape index (κ2) is 8.78. The van der Waals surface area contributed by atoms with E-state index in [0.29, 0.717) is 29.0 Å². The average molecular weight is 415 g/mol. The molecule has 1 aromatic heterocycles. The van der Waals surface area contributed by atoms with E-state index >= 15 is 0 Å². The van der Waals surface area contributed by atoms with Gasteiger partial charge < -0.3 is 20.0 Å². The van der Waals surface area contributed by atoms with E-state index < -0.39 is 29.7 Å². The van der Waals surface area contributed by atoms with Crippen molar-refractivity contribution < 1.29 is 24.2 Å². The fourth-order valence-corrected chi connectivity index (χ4v) is 4.86. The number of amides is 1. The van der Waals surface area contributed by atoms with Gasteiger partial charge in [0.25, 0.3) is 0 Å². The number of hydrogen-bond acceptors (Lipinski definition) is 6. The number of carboxylic acids is 1. The molecule has 0 unspecified atom stereocenters. The van der Waals surface area contributed by atoms with Crippen LogP contribution >= 0.6 is 11.3 Å². The summed E-state index contributed by atoms with van der Waals surface area (Å²) >= 11 is 1.24. The van der Waals surface area contributed by atoms with Crippen molar-refractivity contribution in [2.24, 2.45) is 11.8 Å². The molecular weight excluding hydrogens is 390 g/mol. The fraction of sp³-hybridized carbons (Fsp3) is 0.409. The molecule has 0 radical (unpaired) electrons. The van der Waals surface area contributed by atoms with Gasteiger partial charge in [-0.3, -0.25) is 4.79 Å². The maximum Gasteiger partial charge on any atom is 0.341 e. The number of hydrogen-bond donors (Lipinski definition) is 1. The Bertz CT molecular complexity index is 949. The van der Waals surface area contributed by atoms with Crippen molar-refractivity contribution >= 4 is 34.2 Å². The molecule has 154 valence electrons. The summed E-state index contributed by atoms with van der Waals surface area (Å²) in [6, 6.07) is 5.96. The number of aryl methyl sites for hydroxylation is 2. The normalized spacial score (nSPS) is 18.9. The molecule has 0 saturated heterocycles. The largest absolute Gasteiger partial charge is 0.550 e. The second-order valence-electron chi connectivity index (χ2n) is 7.47. The number of rotatable bonds is 5. The summed E-state index contributed by atoms with van der Waals surface area (Å²) in [6.45, 7) is 3.93. The van der Waals surface area contributed by atoms with Crippen molar-refractivity contribution in [3.8, 4) is 11.1 Å². The monoisotopic (exact) mass is 414 g/mol. The van der Waals surface area contributed by atoms with Crippen LogP contribution in [0.3, 0.4) is 0 Å². The molecule has 3 rings (SSSR count). The van der Waals surface area contributed by atoms with E-state index in [1.54, 1.807) is 0 Å². The van der Waals surface area contributed by atoms with Crippen LogP contribution in [0.2, 0.25) is 0 Å². The Hall–Kier alpha value is -2.67. The minimum absolute atomic E-state index is 0.292. The van der Waals surface area contributed by atoms with E-state index in [1.165, 1.54) is 18.4 Å². The molecule has 0 spiro atoms. The maximum atomic E-state index is 12.9. The maximum absolute atomic E-state index is 12.9. The summed E-state index contributed by atoms with van der Waals surface area (Å²) in [7, 11) is 1.30. The number of carbonyl (C=O) groups excluding carboxylic acids is 3. The van der Waals surface area contributed by atoms with Crippen LogP contribution < -0.4 is 10.4 Å². The van der Waals surface area contributed by atoms with Crippen LogP contribution in [0.5, 0.6) is 0 Å². The highest BCUT2D eigenvalue weighted by Crippen LogP contribution is 2.39. The number of thiophene rings is 1. The third kappa shape index (κ3) is 4.34. The van der Waals surface area contributed by atoms with Gasteiger partial charge in [-0.1, -0.05) is 36.6 Å². The van der Waals surface area contributed by atoms with Gasteiger partial charge >= 0.3 is 5.97 Å². The number of carbonyl (C=O) groups is 3. The molecule has 0 bridgehead atoms. The molecular formula is C22H24NO5S-. The minimum atomic E-state index is -1.19. The first kappa shape index (κ1) is 21.0. The fourth-order valence-electron chi connectivity index (χ4n) is 3.91. The van der Waals surface area contributed by atoms with E-state index in [4.69, 9.17) is 4.74 Å². The minimum Gasteiger partial charge on any atom is -0.550 e. The predicted octanol–water partition coefficient (Wildman–Crippen LogP) is 3.31. The average Bonchev–Trinajstić information content (AvgIpc) is 3.12. The van der Waals surface area contributed by atoms with Crippen LogP contribution in [-0.4, -0.2) is 25.0 Å². The Labute approximate surface area is 173 Å². The first-order chi connectivity index (χ1) is 13.8. The van der Waals surface area contributed by atoms with Crippen molar-refractivity contribution in [2.75, 3.05) is 12.4 Å². The van der Waals surface area contributed by atoms with E-state index in [9.17, 15) is 19.5 Å². The van der Waals surface area contributed by atoms with Gasteiger partial charge in [-0.2, -0.15) is 0 Å². The van der Waals surface area contributed by atoms with Crippen LogP contribution in [0.4, 0.5) is 5.00 Å². The molecule has 1 amide bonds. The highest BCUT2D eigenvalue weighted by molar-refractivity contribution is 7.15. The highest BCUT2D eigenvalue weighted by Gasteiger charge is 2.33. The Morgan fingerprint density at radius 2 is 1.79 bits per heavy atom. The first-order valence-electron chi connectivity index (χ1n) is 9.62. The summed E-state index contributed by atoms with van der Waals surface area (Å²) in [4.78, 5) is 36.8. The summed E-state index contributed by atoms with van der Waals surface area (Å²) in [6.07, 6.45) is 2.49. The molecule has 1 aliphatic rings. The summed E-state index contributed by atoms with van der Waals surface area (Å²) in [5.74, 6) is -3.59. The molecule has 7 heteroatoms. The van der Waals surface area contributed by atoms with Gasteiger partial charge in [-0.05, 0) is 37.8 Å². The lowest BCUT2D eigenvalue weighted by molar-refractivity contribution is -0.313. The van der Waals surface area contributed by atoms with Gasteiger partial charge in [0.15, 0.2) is 0 Å².